The molecule has 2 aliphatic heterocycles. The lowest BCUT2D eigenvalue weighted by Crippen LogP contribution is -2.31. The second-order valence-electron chi connectivity index (χ2n) is 11.1. The molecule has 0 radical (unpaired) electrons. The SMILES string of the molecule is O=C1CC(n2nnc3ccc(Cc4ccc5nnn(C6CC(=O)N(c7ccccc7)C6=O)c5c4)cc32)C(=O)N1c1ccccc1. The number of aromatic nitrogens is 6. The van der Waals surface area contributed by atoms with Gasteiger partial charge in [0, 0.05) is 0 Å². The molecular weight excluding hydrogens is 572 g/mol. The number of anilines is 2. The Bertz CT molecular complexity index is 2000. The van der Waals surface area contributed by atoms with E-state index in [0.717, 1.165) is 11.1 Å². The summed E-state index contributed by atoms with van der Waals surface area (Å²) in [5.74, 6) is -1.27. The van der Waals surface area contributed by atoms with E-state index in [0.29, 0.717) is 39.9 Å². The van der Waals surface area contributed by atoms with Gasteiger partial charge in [0.05, 0.1) is 35.2 Å². The van der Waals surface area contributed by atoms with Crippen molar-refractivity contribution in [2.45, 2.75) is 31.3 Å². The average molecular weight is 597 g/mol. The maximum absolute atomic E-state index is 13.4. The first-order chi connectivity index (χ1) is 22.0. The molecule has 0 aliphatic carbocycles. The molecule has 2 fully saturated rings. The number of carbonyl (C=O) groups excluding carboxylic acids is 4. The molecule has 0 saturated carbocycles. The highest BCUT2D eigenvalue weighted by Crippen LogP contribution is 2.33. The predicted octanol–water partition coefficient (Wildman–Crippen LogP) is 3.78. The van der Waals surface area contributed by atoms with Crippen molar-refractivity contribution < 1.29 is 19.2 Å². The van der Waals surface area contributed by atoms with Crippen LogP contribution >= 0.6 is 0 Å². The molecule has 0 N–H and O–H groups in total. The molecule has 2 unspecified atom stereocenters. The van der Waals surface area contributed by atoms with Crippen LogP contribution in [0, 0.1) is 0 Å². The summed E-state index contributed by atoms with van der Waals surface area (Å²) in [6.07, 6.45) is 0.506. The Labute approximate surface area is 255 Å². The van der Waals surface area contributed by atoms with Gasteiger partial charge in [-0.05, 0) is 66.1 Å². The lowest BCUT2D eigenvalue weighted by atomic mass is 10.0. The Morgan fingerprint density at radius 2 is 0.978 bits per heavy atom. The summed E-state index contributed by atoms with van der Waals surface area (Å²) in [5, 5.41) is 17.0. The van der Waals surface area contributed by atoms with Crippen LogP contribution in [0.15, 0.2) is 97.1 Å². The Kier molecular flexibility index (Phi) is 6.08. The number of benzene rings is 4. The summed E-state index contributed by atoms with van der Waals surface area (Å²) in [4.78, 5) is 54.9. The van der Waals surface area contributed by atoms with Crippen molar-refractivity contribution in [3.63, 3.8) is 0 Å². The first-order valence-electron chi connectivity index (χ1n) is 14.5. The third-order valence-corrected chi connectivity index (χ3v) is 8.34. The highest BCUT2D eigenvalue weighted by molar-refractivity contribution is 6.22. The Hall–Kier alpha value is -6.04. The number of para-hydroxylation sites is 2. The minimum absolute atomic E-state index is 0.00579. The van der Waals surface area contributed by atoms with Gasteiger partial charge in [-0.2, -0.15) is 0 Å². The van der Waals surface area contributed by atoms with Crippen LogP contribution in [0.2, 0.25) is 0 Å². The normalized spacial score (nSPS) is 18.7. The van der Waals surface area contributed by atoms with Crippen molar-refractivity contribution in [2.75, 3.05) is 9.80 Å². The summed E-state index contributed by atoms with van der Waals surface area (Å²) in [6.45, 7) is 0. The van der Waals surface area contributed by atoms with Crippen LogP contribution in [0.3, 0.4) is 0 Å². The van der Waals surface area contributed by atoms with Gasteiger partial charge in [-0.1, -0.05) is 59.0 Å². The first-order valence-corrected chi connectivity index (χ1v) is 14.5. The van der Waals surface area contributed by atoms with Crippen LogP contribution in [0.25, 0.3) is 22.1 Å². The van der Waals surface area contributed by atoms with Crippen molar-refractivity contribution in [1.29, 1.82) is 0 Å². The van der Waals surface area contributed by atoms with Crippen LogP contribution < -0.4 is 9.80 Å². The van der Waals surface area contributed by atoms with Gasteiger partial charge >= 0.3 is 0 Å². The van der Waals surface area contributed by atoms with E-state index in [1.54, 1.807) is 48.5 Å². The zero-order chi connectivity index (χ0) is 30.7. The first kappa shape index (κ1) is 26.6. The molecule has 0 bridgehead atoms. The molecule has 8 rings (SSSR count). The molecule has 2 aromatic heterocycles. The van der Waals surface area contributed by atoms with Crippen molar-refractivity contribution in [3.8, 4) is 0 Å². The minimum Gasteiger partial charge on any atom is -0.274 e. The number of amides is 4. The molecule has 4 heterocycles. The van der Waals surface area contributed by atoms with Gasteiger partial charge in [0.2, 0.25) is 11.8 Å². The smallest absolute Gasteiger partial charge is 0.259 e. The van der Waals surface area contributed by atoms with E-state index in [1.807, 2.05) is 48.5 Å². The monoisotopic (exact) mass is 596 g/mol. The Morgan fingerprint density at radius 1 is 0.556 bits per heavy atom. The van der Waals surface area contributed by atoms with Crippen LogP contribution in [0.1, 0.15) is 36.1 Å². The second-order valence-corrected chi connectivity index (χ2v) is 11.1. The van der Waals surface area contributed by atoms with E-state index >= 15 is 0 Å². The number of rotatable bonds is 6. The Balaban J connectivity index is 1.08. The molecule has 12 heteroatoms. The van der Waals surface area contributed by atoms with Crippen LogP contribution in [0.4, 0.5) is 11.4 Å². The van der Waals surface area contributed by atoms with Gasteiger partial charge in [-0.25, -0.2) is 19.2 Å². The third kappa shape index (κ3) is 4.37. The minimum atomic E-state index is -0.795. The summed E-state index contributed by atoms with van der Waals surface area (Å²) < 4.78 is 3.07. The molecule has 4 amide bonds. The number of hydrogen-bond donors (Lipinski definition) is 0. The standard InChI is InChI=1S/C33H24N8O4/c42-30-18-28(32(44)38(30)22-7-3-1-4-8-22)40-26-16-20(11-13-24(26)34-36-40)15-21-12-14-25-27(17-21)41(37-35-25)29-19-31(43)39(33(29)45)23-9-5-2-6-10-23/h1-14,16-17,28-29H,15,18-19H2. The van der Waals surface area contributed by atoms with E-state index in [1.165, 1.54) is 19.2 Å². The summed E-state index contributed by atoms with van der Waals surface area (Å²) >= 11 is 0. The fraction of sp³-hybridized carbons (Fsp3) is 0.152. The Morgan fingerprint density at radius 3 is 1.40 bits per heavy atom. The van der Waals surface area contributed by atoms with Gasteiger partial charge in [0.15, 0.2) is 0 Å². The van der Waals surface area contributed by atoms with Crippen molar-refractivity contribution in [1.82, 2.24) is 30.0 Å². The van der Waals surface area contributed by atoms with Crippen molar-refractivity contribution in [3.05, 3.63) is 108 Å². The molecule has 2 saturated heterocycles. The van der Waals surface area contributed by atoms with Crippen LogP contribution in [-0.4, -0.2) is 53.6 Å². The summed E-state index contributed by atoms with van der Waals surface area (Å²) in [6, 6.07) is 27.5. The summed E-state index contributed by atoms with van der Waals surface area (Å²) in [7, 11) is 0. The highest BCUT2D eigenvalue weighted by atomic mass is 16.2. The largest absolute Gasteiger partial charge is 0.274 e. The van der Waals surface area contributed by atoms with Gasteiger partial charge in [-0.3, -0.25) is 19.2 Å². The number of fused-ring (bicyclic) bond motifs is 2. The van der Waals surface area contributed by atoms with Gasteiger partial charge in [0.25, 0.3) is 11.8 Å². The molecule has 45 heavy (non-hydrogen) atoms. The van der Waals surface area contributed by atoms with Crippen molar-refractivity contribution in [2.24, 2.45) is 0 Å². The third-order valence-electron chi connectivity index (χ3n) is 8.34. The molecule has 220 valence electrons. The van der Waals surface area contributed by atoms with Gasteiger partial charge in [0.1, 0.15) is 23.1 Å². The quantitative estimate of drug-likeness (QED) is 0.265. The molecule has 2 aliphatic rings. The number of hydrogen-bond acceptors (Lipinski definition) is 8. The number of imide groups is 2. The number of carbonyl (C=O) groups is 4. The van der Waals surface area contributed by atoms with Gasteiger partial charge in [-0.15, -0.1) is 10.2 Å². The van der Waals surface area contributed by atoms with E-state index in [9.17, 15) is 19.2 Å². The van der Waals surface area contributed by atoms with E-state index in [-0.39, 0.29) is 36.5 Å². The van der Waals surface area contributed by atoms with E-state index in [4.69, 9.17) is 0 Å². The average Bonchev–Trinajstić information content (AvgIpc) is 3.81. The second kappa shape index (κ2) is 10.3. The molecule has 0 spiro atoms. The fourth-order valence-corrected chi connectivity index (χ4v) is 6.19. The van der Waals surface area contributed by atoms with Gasteiger partial charge < -0.3 is 0 Å². The maximum atomic E-state index is 13.4. The predicted molar refractivity (Wildman–Crippen MR) is 163 cm³/mol. The zero-order valence-corrected chi connectivity index (χ0v) is 23.7. The van der Waals surface area contributed by atoms with E-state index < -0.39 is 12.1 Å². The fourth-order valence-electron chi connectivity index (χ4n) is 6.19. The molecular formula is C33H24N8O4. The lowest BCUT2D eigenvalue weighted by molar-refractivity contribution is -0.123. The molecule has 12 nitrogen and oxygen atoms in total. The lowest BCUT2D eigenvalue weighted by Gasteiger charge is -2.15. The molecule has 6 aromatic rings. The van der Waals surface area contributed by atoms with E-state index in [2.05, 4.69) is 20.6 Å². The molecule has 4 aromatic carbocycles. The summed E-state index contributed by atoms with van der Waals surface area (Å²) in [5.41, 5.74) is 5.45. The number of nitrogens with zero attached hydrogens (tertiary/aromatic N) is 8. The van der Waals surface area contributed by atoms with Crippen molar-refractivity contribution >= 4 is 57.1 Å². The maximum Gasteiger partial charge on any atom is 0.259 e. The molecule has 2 atom stereocenters. The van der Waals surface area contributed by atoms with Crippen LogP contribution in [0.5, 0.6) is 0 Å². The highest BCUT2D eigenvalue weighted by Gasteiger charge is 2.43. The topological polar surface area (TPSA) is 136 Å². The van der Waals surface area contributed by atoms with Crippen LogP contribution in [-0.2, 0) is 25.6 Å². The zero-order valence-electron chi connectivity index (χ0n) is 23.7.